The minimum atomic E-state index is 0.146. The van der Waals surface area contributed by atoms with Gasteiger partial charge in [-0.3, -0.25) is 4.79 Å². The van der Waals surface area contributed by atoms with Crippen molar-refractivity contribution < 1.29 is 4.79 Å². The number of nitrogens with two attached hydrogens (primary N) is 1. The number of aryl methyl sites for hydroxylation is 1. The van der Waals surface area contributed by atoms with Crippen molar-refractivity contribution in [1.29, 1.82) is 0 Å². The first-order valence-electron chi connectivity index (χ1n) is 5.27. The maximum absolute atomic E-state index is 11.8. The number of amides is 1. The number of benzene rings is 1. The van der Waals surface area contributed by atoms with E-state index >= 15 is 0 Å². The highest BCUT2D eigenvalue weighted by atomic mass is 16.2. The van der Waals surface area contributed by atoms with Gasteiger partial charge >= 0.3 is 0 Å². The monoisotopic (exact) mass is 204 g/mol. The molecule has 1 atom stereocenters. The van der Waals surface area contributed by atoms with Gasteiger partial charge in [0.05, 0.1) is 0 Å². The second kappa shape index (κ2) is 3.57. The van der Waals surface area contributed by atoms with Crippen LogP contribution in [0.3, 0.4) is 0 Å². The van der Waals surface area contributed by atoms with Crippen LogP contribution in [0, 0.1) is 12.8 Å². The van der Waals surface area contributed by atoms with Crippen molar-refractivity contribution in [3.63, 3.8) is 0 Å². The topological polar surface area (TPSA) is 46.3 Å². The molecule has 1 aliphatic rings. The molecule has 2 N–H and O–H groups in total. The van der Waals surface area contributed by atoms with E-state index in [1.807, 2.05) is 36.9 Å². The van der Waals surface area contributed by atoms with Crippen LogP contribution < -0.4 is 10.6 Å². The zero-order valence-corrected chi connectivity index (χ0v) is 9.16. The summed E-state index contributed by atoms with van der Waals surface area (Å²) in [6, 6.07) is 5.80. The van der Waals surface area contributed by atoms with Crippen molar-refractivity contribution >= 4 is 17.3 Å². The molecule has 1 aliphatic heterocycles. The summed E-state index contributed by atoms with van der Waals surface area (Å²) < 4.78 is 0. The van der Waals surface area contributed by atoms with Gasteiger partial charge in [0.15, 0.2) is 0 Å². The van der Waals surface area contributed by atoms with Gasteiger partial charge in [-0.1, -0.05) is 13.0 Å². The Kier molecular flexibility index (Phi) is 2.39. The lowest BCUT2D eigenvalue weighted by Crippen LogP contribution is -2.26. The van der Waals surface area contributed by atoms with Crippen molar-refractivity contribution in [3.05, 3.63) is 23.8 Å². The molecule has 1 aromatic rings. The molecule has 1 amide bonds. The van der Waals surface area contributed by atoms with Crippen LogP contribution >= 0.6 is 0 Å². The highest BCUT2D eigenvalue weighted by molar-refractivity contribution is 5.97. The van der Waals surface area contributed by atoms with E-state index in [9.17, 15) is 4.79 Å². The Labute approximate surface area is 89.9 Å². The lowest BCUT2D eigenvalue weighted by Gasteiger charge is -2.17. The average Bonchev–Trinajstić information content (AvgIpc) is 2.53. The van der Waals surface area contributed by atoms with Crippen molar-refractivity contribution in [2.75, 3.05) is 17.2 Å². The smallest absolute Gasteiger partial charge is 0.229 e. The van der Waals surface area contributed by atoms with Crippen molar-refractivity contribution in [2.24, 2.45) is 5.92 Å². The van der Waals surface area contributed by atoms with Crippen LogP contribution in [0.15, 0.2) is 18.2 Å². The zero-order chi connectivity index (χ0) is 11.0. The molecular formula is C12H16N2O. The van der Waals surface area contributed by atoms with E-state index in [1.54, 1.807) is 0 Å². The highest BCUT2D eigenvalue weighted by Crippen LogP contribution is 2.27. The van der Waals surface area contributed by atoms with Crippen LogP contribution in [0.2, 0.25) is 0 Å². The van der Waals surface area contributed by atoms with Gasteiger partial charge in [-0.15, -0.1) is 0 Å². The van der Waals surface area contributed by atoms with Gasteiger partial charge in [0.1, 0.15) is 0 Å². The molecule has 0 aliphatic carbocycles. The summed E-state index contributed by atoms with van der Waals surface area (Å²) in [5.41, 5.74) is 8.56. The van der Waals surface area contributed by atoms with Crippen molar-refractivity contribution in [1.82, 2.24) is 0 Å². The van der Waals surface area contributed by atoms with Gasteiger partial charge in [0.25, 0.3) is 0 Å². The van der Waals surface area contributed by atoms with Crippen LogP contribution in [-0.4, -0.2) is 12.5 Å². The molecule has 0 radical (unpaired) electrons. The molecule has 1 saturated heterocycles. The van der Waals surface area contributed by atoms with Gasteiger partial charge in [0, 0.05) is 23.8 Å². The predicted molar refractivity (Wildman–Crippen MR) is 61.7 cm³/mol. The standard InChI is InChI=1S/C12H16N2O/c1-8-3-4-10(7-11(8)13)14-6-5-9(2)12(14)15/h3-4,7,9H,5-6,13H2,1-2H3. The maximum Gasteiger partial charge on any atom is 0.229 e. The van der Waals surface area contributed by atoms with Crippen LogP contribution in [-0.2, 0) is 4.79 Å². The van der Waals surface area contributed by atoms with E-state index in [0.717, 1.165) is 29.9 Å². The second-order valence-electron chi connectivity index (χ2n) is 4.22. The average molecular weight is 204 g/mol. The molecule has 1 aromatic carbocycles. The van der Waals surface area contributed by atoms with Crippen LogP contribution in [0.5, 0.6) is 0 Å². The molecule has 0 aromatic heterocycles. The van der Waals surface area contributed by atoms with E-state index in [4.69, 9.17) is 5.73 Å². The number of rotatable bonds is 1. The fourth-order valence-electron chi connectivity index (χ4n) is 1.87. The number of nitrogen functional groups attached to an aromatic ring is 1. The lowest BCUT2D eigenvalue weighted by atomic mass is 10.1. The number of carbonyl (C=O) groups is 1. The summed E-state index contributed by atoms with van der Waals surface area (Å²) in [5, 5.41) is 0. The van der Waals surface area contributed by atoms with Gasteiger partial charge in [-0.05, 0) is 31.0 Å². The Bertz CT molecular complexity index is 401. The van der Waals surface area contributed by atoms with E-state index < -0.39 is 0 Å². The minimum Gasteiger partial charge on any atom is -0.398 e. The molecule has 1 heterocycles. The predicted octanol–water partition coefficient (Wildman–Crippen LogP) is 1.95. The number of nitrogens with zero attached hydrogens (tertiary/aromatic N) is 1. The van der Waals surface area contributed by atoms with Crippen LogP contribution in [0.1, 0.15) is 18.9 Å². The lowest BCUT2D eigenvalue weighted by molar-refractivity contribution is -0.119. The number of anilines is 2. The van der Waals surface area contributed by atoms with Gasteiger partial charge in [-0.25, -0.2) is 0 Å². The molecular weight excluding hydrogens is 188 g/mol. The Morgan fingerprint density at radius 1 is 1.47 bits per heavy atom. The Hall–Kier alpha value is -1.51. The molecule has 3 nitrogen and oxygen atoms in total. The molecule has 15 heavy (non-hydrogen) atoms. The fraction of sp³-hybridized carbons (Fsp3) is 0.417. The molecule has 2 rings (SSSR count). The van der Waals surface area contributed by atoms with E-state index in [2.05, 4.69) is 0 Å². The fourth-order valence-corrected chi connectivity index (χ4v) is 1.87. The molecule has 1 fully saturated rings. The Morgan fingerprint density at radius 2 is 2.20 bits per heavy atom. The van der Waals surface area contributed by atoms with Gasteiger partial charge in [0.2, 0.25) is 5.91 Å². The van der Waals surface area contributed by atoms with Crippen LogP contribution in [0.25, 0.3) is 0 Å². The van der Waals surface area contributed by atoms with Gasteiger partial charge in [-0.2, -0.15) is 0 Å². The molecule has 0 spiro atoms. The quantitative estimate of drug-likeness (QED) is 0.711. The minimum absolute atomic E-state index is 0.146. The summed E-state index contributed by atoms with van der Waals surface area (Å²) in [6.07, 6.45) is 0.937. The summed E-state index contributed by atoms with van der Waals surface area (Å²) in [7, 11) is 0. The van der Waals surface area contributed by atoms with E-state index in [-0.39, 0.29) is 11.8 Å². The first-order chi connectivity index (χ1) is 7.09. The van der Waals surface area contributed by atoms with E-state index in [1.165, 1.54) is 0 Å². The first kappa shape index (κ1) is 10.0. The summed E-state index contributed by atoms with van der Waals surface area (Å²) in [5.74, 6) is 0.353. The molecule has 1 unspecified atom stereocenters. The van der Waals surface area contributed by atoms with Crippen LogP contribution in [0.4, 0.5) is 11.4 Å². The third kappa shape index (κ3) is 1.69. The SMILES string of the molecule is Cc1ccc(N2CCC(C)C2=O)cc1N. The molecule has 80 valence electrons. The highest BCUT2D eigenvalue weighted by Gasteiger charge is 2.28. The number of hydrogen-bond acceptors (Lipinski definition) is 2. The van der Waals surface area contributed by atoms with E-state index in [0.29, 0.717) is 0 Å². The zero-order valence-electron chi connectivity index (χ0n) is 9.16. The summed E-state index contributed by atoms with van der Waals surface area (Å²) in [4.78, 5) is 13.6. The normalized spacial score (nSPS) is 21.1. The largest absolute Gasteiger partial charge is 0.398 e. The Balaban J connectivity index is 2.31. The molecule has 0 bridgehead atoms. The molecule has 0 saturated carbocycles. The third-order valence-electron chi connectivity index (χ3n) is 3.05. The van der Waals surface area contributed by atoms with Crippen molar-refractivity contribution in [3.8, 4) is 0 Å². The number of hydrogen-bond donors (Lipinski definition) is 1. The van der Waals surface area contributed by atoms with Crippen molar-refractivity contribution in [2.45, 2.75) is 20.3 Å². The van der Waals surface area contributed by atoms with Gasteiger partial charge < -0.3 is 10.6 Å². The second-order valence-corrected chi connectivity index (χ2v) is 4.22. The first-order valence-corrected chi connectivity index (χ1v) is 5.27. The Morgan fingerprint density at radius 3 is 2.73 bits per heavy atom. The maximum atomic E-state index is 11.8. The number of carbonyl (C=O) groups excluding carboxylic acids is 1. The summed E-state index contributed by atoms with van der Waals surface area (Å²) in [6.45, 7) is 4.75. The third-order valence-corrected chi connectivity index (χ3v) is 3.05. The summed E-state index contributed by atoms with van der Waals surface area (Å²) >= 11 is 0. The molecule has 3 heteroatoms.